The van der Waals surface area contributed by atoms with E-state index < -0.39 is 0 Å². The van der Waals surface area contributed by atoms with E-state index in [0.29, 0.717) is 0 Å². The summed E-state index contributed by atoms with van der Waals surface area (Å²) >= 11 is 0. The van der Waals surface area contributed by atoms with Gasteiger partial charge < -0.3 is 15.4 Å². The van der Waals surface area contributed by atoms with E-state index in [1.807, 2.05) is 14.0 Å². The lowest BCUT2D eigenvalue weighted by Gasteiger charge is -2.20. The van der Waals surface area contributed by atoms with Crippen LogP contribution in [-0.4, -0.2) is 44.1 Å². The first-order valence-electron chi connectivity index (χ1n) is 5.69. The van der Waals surface area contributed by atoms with Gasteiger partial charge in [-0.1, -0.05) is 6.92 Å². The van der Waals surface area contributed by atoms with Crippen LogP contribution in [0.1, 0.15) is 19.8 Å². The monoisotopic (exact) mass is 213 g/mol. The number of nitrogens with two attached hydrogens (primary N) is 1. The minimum absolute atomic E-state index is 0.137. The third-order valence-corrected chi connectivity index (χ3v) is 2.78. The van der Waals surface area contributed by atoms with Crippen LogP contribution in [-0.2, 0) is 4.74 Å². The molecule has 0 spiro atoms. The van der Waals surface area contributed by atoms with E-state index in [9.17, 15) is 0 Å². The van der Waals surface area contributed by atoms with Gasteiger partial charge in [-0.15, -0.1) is 0 Å². The van der Waals surface area contributed by atoms with E-state index in [4.69, 9.17) is 15.9 Å². The molecule has 15 heavy (non-hydrogen) atoms. The van der Waals surface area contributed by atoms with Gasteiger partial charge in [0, 0.05) is 25.6 Å². The third-order valence-electron chi connectivity index (χ3n) is 2.78. The van der Waals surface area contributed by atoms with Gasteiger partial charge in [-0.3, -0.25) is 5.41 Å². The summed E-state index contributed by atoms with van der Waals surface area (Å²) in [7, 11) is 2.04. The van der Waals surface area contributed by atoms with Crippen molar-refractivity contribution >= 4 is 5.84 Å². The highest BCUT2D eigenvalue weighted by Crippen LogP contribution is 2.28. The van der Waals surface area contributed by atoms with E-state index in [0.717, 1.165) is 32.2 Å². The van der Waals surface area contributed by atoms with Crippen molar-refractivity contribution in [1.82, 2.24) is 4.90 Å². The van der Waals surface area contributed by atoms with Crippen molar-refractivity contribution in [3.8, 4) is 0 Å². The first kappa shape index (κ1) is 12.5. The highest BCUT2D eigenvalue weighted by Gasteiger charge is 2.21. The Kier molecular flexibility index (Phi) is 5.05. The molecular formula is C11H23N3O. The number of nitrogens with one attached hydrogen (secondary N) is 1. The second kappa shape index (κ2) is 6.08. The Labute approximate surface area is 92.3 Å². The first-order chi connectivity index (χ1) is 7.09. The van der Waals surface area contributed by atoms with Gasteiger partial charge in [0.05, 0.1) is 12.4 Å². The van der Waals surface area contributed by atoms with Gasteiger partial charge in [-0.25, -0.2) is 0 Å². The summed E-state index contributed by atoms with van der Waals surface area (Å²) in [5.74, 6) is 1.24. The van der Waals surface area contributed by atoms with Crippen LogP contribution in [0.4, 0.5) is 0 Å². The predicted octanol–water partition coefficient (Wildman–Crippen LogP) is 0.917. The Balaban J connectivity index is 1.96. The fraction of sp³-hybridized carbons (Fsp3) is 0.909. The number of hydrogen-bond donors (Lipinski definition) is 2. The molecule has 1 rings (SSSR count). The zero-order chi connectivity index (χ0) is 11.3. The topological polar surface area (TPSA) is 62.3 Å². The normalized spacial score (nSPS) is 18.1. The number of nitrogens with zero attached hydrogens (tertiary/aromatic N) is 1. The summed E-state index contributed by atoms with van der Waals surface area (Å²) in [5.41, 5.74) is 5.41. The molecule has 4 nitrogen and oxygen atoms in total. The second-order valence-corrected chi connectivity index (χ2v) is 4.64. The lowest BCUT2D eigenvalue weighted by atomic mass is 10.1. The summed E-state index contributed by atoms with van der Waals surface area (Å²) in [6.45, 7) is 5.45. The Morgan fingerprint density at radius 3 is 2.80 bits per heavy atom. The number of ether oxygens (including phenoxy) is 1. The van der Waals surface area contributed by atoms with Crippen LogP contribution in [0.25, 0.3) is 0 Å². The van der Waals surface area contributed by atoms with Crippen molar-refractivity contribution in [3.63, 3.8) is 0 Å². The smallest absolute Gasteiger partial charge is 0.0947 e. The number of hydrogen-bond acceptors (Lipinski definition) is 3. The number of likely N-dealkylation sites (N-methyl/N-ethyl adjacent to an activating group) is 1. The minimum atomic E-state index is 0.137. The molecule has 1 saturated carbocycles. The molecule has 0 bridgehead atoms. The molecule has 0 aliphatic heterocycles. The summed E-state index contributed by atoms with van der Waals surface area (Å²) in [6, 6.07) is 0. The van der Waals surface area contributed by atoms with Crippen LogP contribution in [0.15, 0.2) is 0 Å². The van der Waals surface area contributed by atoms with Gasteiger partial charge in [0.1, 0.15) is 0 Å². The molecule has 88 valence electrons. The van der Waals surface area contributed by atoms with Gasteiger partial charge in [-0.05, 0) is 25.8 Å². The summed E-state index contributed by atoms with van der Waals surface area (Å²) in [6.07, 6.45) is 2.69. The molecule has 0 radical (unpaired) electrons. The second-order valence-electron chi connectivity index (χ2n) is 4.64. The van der Waals surface area contributed by atoms with Gasteiger partial charge in [0.25, 0.3) is 0 Å². The van der Waals surface area contributed by atoms with Gasteiger partial charge in [0.15, 0.2) is 0 Å². The van der Waals surface area contributed by atoms with E-state index in [-0.39, 0.29) is 11.8 Å². The summed E-state index contributed by atoms with van der Waals surface area (Å²) in [4.78, 5) is 2.17. The largest absolute Gasteiger partial charge is 0.387 e. The predicted molar refractivity (Wildman–Crippen MR) is 62.1 cm³/mol. The highest BCUT2D eigenvalue weighted by atomic mass is 16.5. The summed E-state index contributed by atoms with van der Waals surface area (Å²) < 4.78 is 5.54. The third kappa shape index (κ3) is 5.74. The fourth-order valence-corrected chi connectivity index (χ4v) is 1.41. The molecule has 0 heterocycles. The average Bonchev–Trinajstić information content (AvgIpc) is 2.95. The van der Waals surface area contributed by atoms with Crippen molar-refractivity contribution in [2.45, 2.75) is 19.8 Å². The van der Waals surface area contributed by atoms with Crippen molar-refractivity contribution < 1.29 is 4.74 Å². The zero-order valence-corrected chi connectivity index (χ0v) is 9.83. The van der Waals surface area contributed by atoms with Crippen molar-refractivity contribution in [2.75, 3.05) is 33.4 Å². The molecule has 1 fully saturated rings. The van der Waals surface area contributed by atoms with E-state index in [2.05, 4.69) is 4.90 Å². The maximum atomic E-state index is 7.29. The Morgan fingerprint density at radius 2 is 2.27 bits per heavy atom. The molecule has 0 saturated heterocycles. The maximum absolute atomic E-state index is 7.29. The molecule has 1 unspecified atom stereocenters. The van der Waals surface area contributed by atoms with Gasteiger partial charge in [-0.2, -0.15) is 0 Å². The molecule has 0 aromatic heterocycles. The SMILES string of the molecule is CC(CN(C)CCOCC1CC1)C(=N)N. The van der Waals surface area contributed by atoms with Crippen molar-refractivity contribution in [2.24, 2.45) is 17.6 Å². The molecule has 1 atom stereocenters. The Morgan fingerprint density at radius 1 is 1.60 bits per heavy atom. The molecule has 0 amide bonds. The highest BCUT2D eigenvalue weighted by molar-refractivity contribution is 5.79. The zero-order valence-electron chi connectivity index (χ0n) is 9.83. The van der Waals surface area contributed by atoms with Gasteiger partial charge >= 0.3 is 0 Å². The minimum Gasteiger partial charge on any atom is -0.387 e. The lowest BCUT2D eigenvalue weighted by Crippen LogP contribution is -2.33. The first-order valence-corrected chi connectivity index (χ1v) is 5.69. The molecule has 4 heteroatoms. The van der Waals surface area contributed by atoms with E-state index >= 15 is 0 Å². The lowest BCUT2D eigenvalue weighted by molar-refractivity contribution is 0.102. The number of amidine groups is 1. The molecule has 3 N–H and O–H groups in total. The molecular weight excluding hydrogens is 190 g/mol. The Bertz CT molecular complexity index is 204. The standard InChI is InChI=1S/C11H23N3O/c1-9(11(12)13)7-14(2)5-6-15-8-10-3-4-10/h9-10H,3-8H2,1-2H3,(H3,12,13). The van der Waals surface area contributed by atoms with Crippen LogP contribution in [0, 0.1) is 17.2 Å². The van der Waals surface area contributed by atoms with Crippen LogP contribution >= 0.6 is 0 Å². The van der Waals surface area contributed by atoms with Crippen LogP contribution in [0.3, 0.4) is 0 Å². The molecule has 0 aromatic rings. The van der Waals surface area contributed by atoms with Crippen LogP contribution in [0.2, 0.25) is 0 Å². The summed E-state index contributed by atoms with van der Waals surface area (Å²) in [5, 5.41) is 7.29. The Hall–Kier alpha value is -0.610. The van der Waals surface area contributed by atoms with Crippen LogP contribution in [0.5, 0.6) is 0 Å². The fourth-order valence-electron chi connectivity index (χ4n) is 1.41. The molecule has 0 aromatic carbocycles. The maximum Gasteiger partial charge on any atom is 0.0947 e. The molecule has 1 aliphatic rings. The molecule has 1 aliphatic carbocycles. The van der Waals surface area contributed by atoms with Crippen molar-refractivity contribution in [3.05, 3.63) is 0 Å². The van der Waals surface area contributed by atoms with Gasteiger partial charge in [0.2, 0.25) is 0 Å². The average molecular weight is 213 g/mol. The van der Waals surface area contributed by atoms with E-state index in [1.54, 1.807) is 0 Å². The van der Waals surface area contributed by atoms with Crippen molar-refractivity contribution in [1.29, 1.82) is 5.41 Å². The number of rotatable bonds is 8. The van der Waals surface area contributed by atoms with E-state index in [1.165, 1.54) is 12.8 Å². The van der Waals surface area contributed by atoms with Crippen LogP contribution < -0.4 is 5.73 Å². The quantitative estimate of drug-likeness (QED) is 0.358.